The van der Waals surface area contributed by atoms with E-state index in [4.69, 9.17) is 5.73 Å². The molecule has 0 aromatic heterocycles. The quantitative estimate of drug-likeness (QED) is 0.771. The van der Waals surface area contributed by atoms with Crippen molar-refractivity contribution in [3.8, 4) is 0 Å². The van der Waals surface area contributed by atoms with E-state index in [2.05, 4.69) is 32.7 Å². The van der Waals surface area contributed by atoms with Crippen LogP contribution in [0.3, 0.4) is 0 Å². The minimum Gasteiger partial charge on any atom is -0.329 e. The fourth-order valence-electron chi connectivity index (χ4n) is 3.68. The minimum atomic E-state index is 0.287. The smallest absolute Gasteiger partial charge is 0.0334 e. The third-order valence-corrected chi connectivity index (χ3v) is 5.12. The lowest BCUT2D eigenvalue weighted by Gasteiger charge is -2.49. The van der Waals surface area contributed by atoms with Crippen LogP contribution in [-0.2, 0) is 0 Å². The van der Waals surface area contributed by atoms with Crippen molar-refractivity contribution in [3.63, 3.8) is 0 Å². The van der Waals surface area contributed by atoms with Gasteiger partial charge in [0.25, 0.3) is 0 Å². The van der Waals surface area contributed by atoms with Gasteiger partial charge in [-0.25, -0.2) is 0 Å². The van der Waals surface area contributed by atoms with E-state index in [1.165, 1.54) is 44.9 Å². The summed E-state index contributed by atoms with van der Waals surface area (Å²) in [7, 11) is 2.31. The van der Waals surface area contributed by atoms with E-state index in [0.29, 0.717) is 6.04 Å². The van der Waals surface area contributed by atoms with Crippen LogP contribution in [0.5, 0.6) is 0 Å². The van der Waals surface area contributed by atoms with E-state index in [1.807, 2.05) is 0 Å². The Labute approximate surface area is 108 Å². The Morgan fingerprint density at radius 2 is 1.94 bits per heavy atom. The van der Waals surface area contributed by atoms with Gasteiger partial charge in [-0.05, 0) is 38.6 Å². The predicted molar refractivity (Wildman–Crippen MR) is 76.2 cm³/mol. The number of likely N-dealkylation sites (N-methyl/N-ethyl adjacent to an activating group) is 1. The molecule has 0 amide bonds. The first-order valence-electron chi connectivity index (χ1n) is 7.56. The standard InChI is InChI=1S/C15H32N2/c1-5-13-9-8-10-15(11-13,12-16)17(4)14(6-2)7-3/h13-14H,5-12,16H2,1-4H3. The topological polar surface area (TPSA) is 29.3 Å². The third-order valence-electron chi connectivity index (χ3n) is 5.12. The molecule has 2 unspecified atom stereocenters. The van der Waals surface area contributed by atoms with Gasteiger partial charge in [-0.1, -0.05) is 40.0 Å². The monoisotopic (exact) mass is 240 g/mol. The molecule has 102 valence electrons. The lowest BCUT2D eigenvalue weighted by atomic mass is 9.73. The molecule has 0 bridgehead atoms. The van der Waals surface area contributed by atoms with E-state index in [0.717, 1.165) is 12.5 Å². The second kappa shape index (κ2) is 6.75. The number of hydrogen-bond donors (Lipinski definition) is 1. The first kappa shape index (κ1) is 15.0. The zero-order valence-corrected chi connectivity index (χ0v) is 12.3. The first-order chi connectivity index (χ1) is 8.13. The Morgan fingerprint density at radius 3 is 2.41 bits per heavy atom. The van der Waals surface area contributed by atoms with Gasteiger partial charge >= 0.3 is 0 Å². The van der Waals surface area contributed by atoms with Crippen LogP contribution in [0.2, 0.25) is 0 Å². The van der Waals surface area contributed by atoms with Gasteiger partial charge in [0.05, 0.1) is 0 Å². The normalized spacial score (nSPS) is 30.2. The summed E-state index contributed by atoms with van der Waals surface area (Å²) in [6, 6.07) is 0.703. The van der Waals surface area contributed by atoms with Gasteiger partial charge in [0.15, 0.2) is 0 Å². The number of nitrogens with zero attached hydrogens (tertiary/aromatic N) is 1. The van der Waals surface area contributed by atoms with Gasteiger partial charge < -0.3 is 5.73 Å². The number of hydrogen-bond acceptors (Lipinski definition) is 2. The maximum absolute atomic E-state index is 6.16. The van der Waals surface area contributed by atoms with Gasteiger partial charge in [-0.2, -0.15) is 0 Å². The second-order valence-electron chi connectivity index (χ2n) is 5.88. The molecule has 2 nitrogen and oxygen atoms in total. The molecular formula is C15H32N2. The highest BCUT2D eigenvalue weighted by atomic mass is 15.2. The van der Waals surface area contributed by atoms with Gasteiger partial charge in [0.1, 0.15) is 0 Å². The molecule has 0 aliphatic heterocycles. The zero-order valence-electron chi connectivity index (χ0n) is 12.3. The van der Waals surface area contributed by atoms with Crippen LogP contribution < -0.4 is 5.73 Å². The summed E-state index contributed by atoms with van der Waals surface area (Å²) in [4.78, 5) is 2.62. The number of rotatable bonds is 6. The molecule has 1 rings (SSSR count). The average Bonchev–Trinajstić information content (AvgIpc) is 2.39. The van der Waals surface area contributed by atoms with Gasteiger partial charge in [-0.3, -0.25) is 4.90 Å². The summed E-state index contributed by atoms with van der Waals surface area (Å²) in [6.45, 7) is 7.76. The molecular weight excluding hydrogens is 208 g/mol. The highest BCUT2D eigenvalue weighted by molar-refractivity contribution is 4.97. The van der Waals surface area contributed by atoms with Crippen molar-refractivity contribution in [2.45, 2.75) is 77.3 Å². The third kappa shape index (κ3) is 3.23. The van der Waals surface area contributed by atoms with Crippen LogP contribution in [-0.4, -0.2) is 30.1 Å². The van der Waals surface area contributed by atoms with Crippen molar-refractivity contribution >= 4 is 0 Å². The zero-order chi connectivity index (χ0) is 12.9. The molecule has 2 N–H and O–H groups in total. The fourth-order valence-corrected chi connectivity index (χ4v) is 3.68. The van der Waals surface area contributed by atoms with Crippen LogP contribution in [0.1, 0.15) is 65.7 Å². The molecule has 0 aromatic carbocycles. The average molecular weight is 240 g/mol. The van der Waals surface area contributed by atoms with E-state index in [9.17, 15) is 0 Å². The Kier molecular flexibility index (Phi) is 5.94. The Balaban J connectivity index is 2.78. The molecule has 0 spiro atoms. The van der Waals surface area contributed by atoms with Crippen LogP contribution in [0.25, 0.3) is 0 Å². The molecule has 0 saturated heterocycles. The van der Waals surface area contributed by atoms with E-state index >= 15 is 0 Å². The summed E-state index contributed by atoms with van der Waals surface area (Å²) in [5.74, 6) is 0.893. The SMILES string of the molecule is CCC1CCCC(CN)(N(C)C(CC)CC)C1. The minimum absolute atomic E-state index is 0.287. The summed E-state index contributed by atoms with van der Waals surface area (Å²) in [5, 5.41) is 0. The maximum Gasteiger partial charge on any atom is 0.0334 e. The predicted octanol–water partition coefficient (Wildman–Crippen LogP) is 3.40. The van der Waals surface area contributed by atoms with Gasteiger partial charge in [-0.15, -0.1) is 0 Å². The van der Waals surface area contributed by atoms with Crippen LogP contribution in [0, 0.1) is 5.92 Å². The molecule has 1 aliphatic carbocycles. The van der Waals surface area contributed by atoms with Crippen LogP contribution >= 0.6 is 0 Å². The highest BCUT2D eigenvalue weighted by Gasteiger charge is 2.39. The fraction of sp³-hybridized carbons (Fsp3) is 1.00. The Bertz CT molecular complexity index is 213. The molecule has 0 aromatic rings. The van der Waals surface area contributed by atoms with Crippen LogP contribution in [0.4, 0.5) is 0 Å². The maximum atomic E-state index is 6.16. The molecule has 1 saturated carbocycles. The van der Waals surface area contributed by atoms with Crippen molar-refractivity contribution in [3.05, 3.63) is 0 Å². The summed E-state index contributed by atoms with van der Waals surface area (Å²) in [6.07, 6.45) is 9.19. The van der Waals surface area contributed by atoms with Crippen molar-refractivity contribution < 1.29 is 0 Å². The highest BCUT2D eigenvalue weighted by Crippen LogP contribution is 2.38. The summed E-state index contributed by atoms with van der Waals surface area (Å²) < 4.78 is 0. The summed E-state index contributed by atoms with van der Waals surface area (Å²) >= 11 is 0. The van der Waals surface area contributed by atoms with E-state index in [1.54, 1.807) is 0 Å². The molecule has 0 radical (unpaired) electrons. The summed E-state index contributed by atoms with van der Waals surface area (Å²) in [5.41, 5.74) is 6.45. The van der Waals surface area contributed by atoms with E-state index in [-0.39, 0.29) is 5.54 Å². The molecule has 2 atom stereocenters. The molecule has 17 heavy (non-hydrogen) atoms. The van der Waals surface area contributed by atoms with Crippen molar-refractivity contribution in [2.24, 2.45) is 11.7 Å². The molecule has 2 heteroatoms. The number of nitrogens with two attached hydrogens (primary N) is 1. The molecule has 1 fully saturated rings. The lowest BCUT2D eigenvalue weighted by Crippen LogP contribution is -2.57. The lowest BCUT2D eigenvalue weighted by molar-refractivity contribution is 0.0203. The van der Waals surface area contributed by atoms with Crippen molar-refractivity contribution in [1.82, 2.24) is 4.90 Å². The van der Waals surface area contributed by atoms with Gasteiger partial charge in [0.2, 0.25) is 0 Å². The Morgan fingerprint density at radius 1 is 1.29 bits per heavy atom. The first-order valence-corrected chi connectivity index (χ1v) is 7.56. The second-order valence-corrected chi connectivity index (χ2v) is 5.88. The van der Waals surface area contributed by atoms with E-state index < -0.39 is 0 Å². The van der Waals surface area contributed by atoms with Crippen molar-refractivity contribution in [1.29, 1.82) is 0 Å². The van der Waals surface area contributed by atoms with Gasteiger partial charge in [0, 0.05) is 18.1 Å². The molecule has 1 aliphatic rings. The molecule has 0 heterocycles. The van der Waals surface area contributed by atoms with Crippen molar-refractivity contribution in [2.75, 3.05) is 13.6 Å². The Hall–Kier alpha value is -0.0800. The largest absolute Gasteiger partial charge is 0.329 e. The van der Waals surface area contributed by atoms with Crippen LogP contribution in [0.15, 0.2) is 0 Å².